The van der Waals surface area contributed by atoms with Crippen LogP contribution in [-0.4, -0.2) is 21.0 Å². The van der Waals surface area contributed by atoms with E-state index in [9.17, 15) is 5.11 Å². The first kappa shape index (κ1) is 12.6. The van der Waals surface area contributed by atoms with Crippen LogP contribution in [0.15, 0.2) is 12.3 Å². The van der Waals surface area contributed by atoms with Crippen LogP contribution in [0.2, 0.25) is 0 Å². The molecule has 0 aromatic carbocycles. The second-order valence-corrected chi connectivity index (χ2v) is 5.58. The SMILES string of the molecule is CC1CCCC(C(O)CCc2ccnn2C)C1. The van der Waals surface area contributed by atoms with E-state index in [1.54, 1.807) is 0 Å². The van der Waals surface area contributed by atoms with Crippen molar-refractivity contribution in [2.75, 3.05) is 0 Å². The van der Waals surface area contributed by atoms with Crippen LogP contribution in [0.4, 0.5) is 0 Å². The van der Waals surface area contributed by atoms with Crippen molar-refractivity contribution < 1.29 is 5.11 Å². The fourth-order valence-electron chi connectivity index (χ4n) is 3.01. The van der Waals surface area contributed by atoms with E-state index in [1.807, 2.05) is 24.0 Å². The van der Waals surface area contributed by atoms with Gasteiger partial charge in [-0.05, 0) is 43.6 Å². The van der Waals surface area contributed by atoms with E-state index in [1.165, 1.54) is 31.4 Å². The number of aliphatic hydroxyl groups is 1. The van der Waals surface area contributed by atoms with Crippen molar-refractivity contribution in [2.24, 2.45) is 18.9 Å². The minimum Gasteiger partial charge on any atom is -0.393 e. The molecule has 17 heavy (non-hydrogen) atoms. The summed E-state index contributed by atoms with van der Waals surface area (Å²) < 4.78 is 1.90. The maximum atomic E-state index is 10.3. The summed E-state index contributed by atoms with van der Waals surface area (Å²) in [5.74, 6) is 1.31. The van der Waals surface area contributed by atoms with E-state index < -0.39 is 0 Å². The van der Waals surface area contributed by atoms with Gasteiger partial charge in [0.1, 0.15) is 0 Å². The lowest BCUT2D eigenvalue weighted by molar-refractivity contribution is 0.0647. The van der Waals surface area contributed by atoms with Crippen molar-refractivity contribution in [3.8, 4) is 0 Å². The maximum Gasteiger partial charge on any atom is 0.0572 e. The molecule has 1 aromatic heterocycles. The van der Waals surface area contributed by atoms with Gasteiger partial charge < -0.3 is 5.11 Å². The maximum absolute atomic E-state index is 10.3. The Morgan fingerprint density at radius 1 is 1.53 bits per heavy atom. The minimum absolute atomic E-state index is 0.132. The fraction of sp³-hybridized carbons (Fsp3) is 0.786. The molecule has 3 atom stereocenters. The van der Waals surface area contributed by atoms with Gasteiger partial charge in [0.05, 0.1) is 6.10 Å². The van der Waals surface area contributed by atoms with E-state index in [4.69, 9.17) is 0 Å². The van der Waals surface area contributed by atoms with Crippen molar-refractivity contribution >= 4 is 0 Å². The number of nitrogens with zero attached hydrogens (tertiary/aromatic N) is 2. The molecule has 1 saturated carbocycles. The van der Waals surface area contributed by atoms with Gasteiger partial charge in [-0.3, -0.25) is 4.68 Å². The Hall–Kier alpha value is -0.830. The number of hydrogen-bond donors (Lipinski definition) is 1. The predicted molar refractivity (Wildman–Crippen MR) is 68.7 cm³/mol. The Morgan fingerprint density at radius 3 is 3.00 bits per heavy atom. The highest BCUT2D eigenvalue weighted by Gasteiger charge is 2.25. The van der Waals surface area contributed by atoms with Gasteiger partial charge >= 0.3 is 0 Å². The van der Waals surface area contributed by atoms with Crippen LogP contribution in [0.25, 0.3) is 0 Å². The Balaban J connectivity index is 1.80. The largest absolute Gasteiger partial charge is 0.393 e. The summed E-state index contributed by atoms with van der Waals surface area (Å²) in [5, 5.41) is 14.4. The predicted octanol–water partition coefficient (Wildman–Crippen LogP) is 2.54. The topological polar surface area (TPSA) is 38.1 Å². The molecule has 2 rings (SSSR count). The summed E-state index contributed by atoms with van der Waals surface area (Å²) in [6, 6.07) is 2.04. The Morgan fingerprint density at radius 2 is 2.35 bits per heavy atom. The van der Waals surface area contributed by atoms with Crippen molar-refractivity contribution in [3.63, 3.8) is 0 Å². The molecule has 3 unspecified atom stereocenters. The van der Waals surface area contributed by atoms with Crippen LogP contribution < -0.4 is 0 Å². The van der Waals surface area contributed by atoms with Crippen LogP contribution in [0.1, 0.15) is 44.7 Å². The quantitative estimate of drug-likeness (QED) is 0.872. The third-order valence-corrected chi connectivity index (χ3v) is 4.14. The number of aromatic nitrogens is 2. The molecule has 0 saturated heterocycles. The Kier molecular flexibility index (Phi) is 4.21. The molecule has 1 aliphatic rings. The summed E-state index contributed by atoms with van der Waals surface area (Å²) in [4.78, 5) is 0. The van der Waals surface area contributed by atoms with Crippen molar-refractivity contribution in [1.29, 1.82) is 0 Å². The Labute approximate surface area is 104 Å². The average molecular weight is 236 g/mol. The molecule has 96 valence electrons. The molecule has 1 N–H and O–H groups in total. The summed E-state index contributed by atoms with van der Waals surface area (Å²) in [6.07, 6.45) is 8.53. The average Bonchev–Trinajstić information content (AvgIpc) is 2.72. The Bertz CT molecular complexity index is 348. The first-order valence-corrected chi connectivity index (χ1v) is 6.81. The number of aliphatic hydroxyl groups excluding tert-OH is 1. The zero-order valence-corrected chi connectivity index (χ0v) is 11.0. The fourth-order valence-corrected chi connectivity index (χ4v) is 3.01. The number of hydrogen-bond acceptors (Lipinski definition) is 2. The van der Waals surface area contributed by atoms with Crippen LogP contribution in [0, 0.1) is 11.8 Å². The molecule has 0 bridgehead atoms. The monoisotopic (exact) mass is 236 g/mol. The molecule has 0 spiro atoms. The first-order valence-electron chi connectivity index (χ1n) is 6.81. The molecule has 1 aliphatic carbocycles. The van der Waals surface area contributed by atoms with Gasteiger partial charge in [0.2, 0.25) is 0 Å². The number of aryl methyl sites for hydroxylation is 2. The van der Waals surface area contributed by atoms with E-state index in [0.29, 0.717) is 5.92 Å². The molecular formula is C14H24N2O. The van der Waals surface area contributed by atoms with Crippen molar-refractivity contribution in [3.05, 3.63) is 18.0 Å². The van der Waals surface area contributed by atoms with Crippen LogP contribution in [-0.2, 0) is 13.5 Å². The van der Waals surface area contributed by atoms with Gasteiger partial charge in [-0.25, -0.2) is 0 Å². The normalized spacial score (nSPS) is 27.0. The van der Waals surface area contributed by atoms with Gasteiger partial charge in [-0.2, -0.15) is 5.10 Å². The summed E-state index contributed by atoms with van der Waals surface area (Å²) in [6.45, 7) is 2.31. The second-order valence-electron chi connectivity index (χ2n) is 5.58. The summed E-state index contributed by atoms with van der Waals surface area (Å²) in [5.41, 5.74) is 1.22. The molecule has 0 aliphatic heterocycles. The lowest BCUT2D eigenvalue weighted by atomic mass is 9.78. The smallest absolute Gasteiger partial charge is 0.0572 e. The molecule has 3 heteroatoms. The molecule has 3 nitrogen and oxygen atoms in total. The zero-order valence-electron chi connectivity index (χ0n) is 11.0. The second kappa shape index (κ2) is 5.67. The van der Waals surface area contributed by atoms with Gasteiger partial charge in [0.15, 0.2) is 0 Å². The lowest BCUT2D eigenvalue weighted by Gasteiger charge is -2.30. The zero-order chi connectivity index (χ0) is 12.3. The van der Waals surface area contributed by atoms with Crippen LogP contribution in [0.5, 0.6) is 0 Å². The number of rotatable bonds is 4. The van der Waals surface area contributed by atoms with E-state index in [-0.39, 0.29) is 6.10 Å². The standard InChI is InChI=1S/C14H24N2O/c1-11-4-3-5-12(10-11)14(17)7-6-13-8-9-15-16(13)2/h8-9,11-12,14,17H,3-7,10H2,1-2H3. The third kappa shape index (κ3) is 3.32. The highest BCUT2D eigenvalue weighted by Crippen LogP contribution is 2.32. The summed E-state index contributed by atoms with van der Waals surface area (Å²) in [7, 11) is 1.96. The molecule has 0 radical (unpaired) electrons. The first-order chi connectivity index (χ1) is 8.16. The van der Waals surface area contributed by atoms with Gasteiger partial charge in [0, 0.05) is 18.9 Å². The molecule has 0 amide bonds. The lowest BCUT2D eigenvalue weighted by Crippen LogP contribution is -2.26. The van der Waals surface area contributed by atoms with Crippen LogP contribution in [0.3, 0.4) is 0 Å². The molecule has 1 aromatic rings. The molecule has 1 heterocycles. The van der Waals surface area contributed by atoms with Crippen LogP contribution >= 0.6 is 0 Å². The highest BCUT2D eigenvalue weighted by atomic mass is 16.3. The van der Waals surface area contributed by atoms with E-state index in [2.05, 4.69) is 12.0 Å². The highest BCUT2D eigenvalue weighted by molar-refractivity contribution is 5.00. The van der Waals surface area contributed by atoms with Crippen molar-refractivity contribution in [1.82, 2.24) is 9.78 Å². The molecule has 1 fully saturated rings. The van der Waals surface area contributed by atoms with Crippen molar-refractivity contribution in [2.45, 2.75) is 51.6 Å². The third-order valence-electron chi connectivity index (χ3n) is 4.14. The molecular weight excluding hydrogens is 212 g/mol. The van der Waals surface area contributed by atoms with Gasteiger partial charge in [0.25, 0.3) is 0 Å². The van der Waals surface area contributed by atoms with E-state index >= 15 is 0 Å². The minimum atomic E-state index is -0.132. The van der Waals surface area contributed by atoms with Gasteiger partial charge in [-0.1, -0.05) is 19.8 Å². The van der Waals surface area contributed by atoms with E-state index in [0.717, 1.165) is 18.8 Å². The van der Waals surface area contributed by atoms with Gasteiger partial charge in [-0.15, -0.1) is 0 Å². The summed E-state index contributed by atoms with van der Waals surface area (Å²) >= 11 is 0.